The zero-order valence-electron chi connectivity index (χ0n) is 12.0. The number of fused-ring (bicyclic) bond motifs is 1. The van der Waals surface area contributed by atoms with Gasteiger partial charge >= 0.3 is 5.97 Å². The van der Waals surface area contributed by atoms with Crippen LogP contribution >= 0.6 is 11.8 Å². The lowest BCUT2D eigenvalue weighted by Gasteiger charge is -2.12. The molecule has 116 valence electrons. The van der Waals surface area contributed by atoms with Gasteiger partial charge in [0.2, 0.25) is 0 Å². The van der Waals surface area contributed by atoms with Gasteiger partial charge in [0, 0.05) is 18.1 Å². The molecule has 2 amide bonds. The minimum atomic E-state index is -0.640. The summed E-state index contributed by atoms with van der Waals surface area (Å²) >= 11 is 1.33. The van der Waals surface area contributed by atoms with E-state index in [9.17, 15) is 14.4 Å². The van der Waals surface area contributed by atoms with Crippen molar-refractivity contribution in [3.05, 3.63) is 65.5 Å². The Bertz CT molecular complexity index is 729. The Labute approximate surface area is 136 Å². The van der Waals surface area contributed by atoms with E-state index in [1.165, 1.54) is 23.9 Å². The number of hydrogen-bond donors (Lipinski definition) is 0. The van der Waals surface area contributed by atoms with Crippen LogP contribution in [0.15, 0.2) is 48.8 Å². The average molecular weight is 328 g/mol. The number of thioether (sulfide) groups is 1. The molecule has 1 aromatic heterocycles. The molecule has 0 radical (unpaired) electrons. The van der Waals surface area contributed by atoms with Gasteiger partial charge in [-0.1, -0.05) is 17.2 Å². The molecule has 1 aromatic carbocycles. The molecule has 0 saturated heterocycles. The Kier molecular flexibility index (Phi) is 4.38. The SMILES string of the molecule is O=C(CSCc1ccncc1)ON1C(=O)c2ccccc2C1=O. The minimum Gasteiger partial charge on any atom is -0.329 e. The van der Waals surface area contributed by atoms with Gasteiger partial charge in [0.25, 0.3) is 11.8 Å². The first-order valence-corrected chi connectivity index (χ1v) is 7.97. The summed E-state index contributed by atoms with van der Waals surface area (Å²) in [6.07, 6.45) is 3.35. The molecule has 0 unspecified atom stereocenters. The van der Waals surface area contributed by atoms with Gasteiger partial charge in [-0.3, -0.25) is 14.6 Å². The molecule has 0 bridgehead atoms. The lowest BCUT2D eigenvalue weighted by atomic mass is 10.1. The number of hydrogen-bond acceptors (Lipinski definition) is 6. The summed E-state index contributed by atoms with van der Waals surface area (Å²) in [6, 6.07) is 10.1. The number of imide groups is 1. The fourth-order valence-electron chi connectivity index (χ4n) is 2.11. The molecule has 0 saturated carbocycles. The van der Waals surface area contributed by atoms with Gasteiger partial charge in [-0.15, -0.1) is 11.8 Å². The summed E-state index contributed by atoms with van der Waals surface area (Å²) in [6.45, 7) is 0. The number of pyridine rings is 1. The normalized spacial score (nSPS) is 13.1. The van der Waals surface area contributed by atoms with Crippen molar-refractivity contribution in [3.63, 3.8) is 0 Å². The molecule has 1 aliphatic heterocycles. The number of amides is 2. The van der Waals surface area contributed by atoms with Crippen LogP contribution in [0.2, 0.25) is 0 Å². The van der Waals surface area contributed by atoms with Crippen LogP contribution in [-0.4, -0.2) is 33.6 Å². The summed E-state index contributed by atoms with van der Waals surface area (Å²) < 4.78 is 0. The first-order valence-electron chi connectivity index (χ1n) is 6.82. The molecule has 0 fully saturated rings. The Morgan fingerprint density at radius 1 is 1.04 bits per heavy atom. The first-order chi connectivity index (χ1) is 11.2. The van der Waals surface area contributed by atoms with E-state index in [0.717, 1.165) is 5.56 Å². The van der Waals surface area contributed by atoms with Crippen LogP contribution in [0.4, 0.5) is 0 Å². The van der Waals surface area contributed by atoms with Gasteiger partial charge in [0.15, 0.2) is 0 Å². The molecule has 6 nitrogen and oxygen atoms in total. The fraction of sp³-hybridized carbons (Fsp3) is 0.125. The molecule has 3 rings (SSSR count). The summed E-state index contributed by atoms with van der Waals surface area (Å²) in [5, 5.41) is 0.528. The molecule has 0 atom stereocenters. The monoisotopic (exact) mass is 328 g/mol. The van der Waals surface area contributed by atoms with Gasteiger partial charge in [0.05, 0.1) is 16.9 Å². The van der Waals surface area contributed by atoms with Gasteiger partial charge in [-0.05, 0) is 29.8 Å². The quantitative estimate of drug-likeness (QED) is 0.782. The van der Waals surface area contributed by atoms with E-state index < -0.39 is 17.8 Å². The number of carbonyl (C=O) groups is 3. The third-order valence-corrected chi connectivity index (χ3v) is 4.17. The van der Waals surface area contributed by atoms with E-state index in [2.05, 4.69) is 4.98 Å². The van der Waals surface area contributed by atoms with Crippen molar-refractivity contribution in [3.8, 4) is 0 Å². The van der Waals surface area contributed by atoms with Crippen molar-refractivity contribution >= 4 is 29.5 Å². The predicted octanol–water partition coefficient (Wildman–Crippen LogP) is 2.07. The summed E-state index contributed by atoms with van der Waals surface area (Å²) in [7, 11) is 0. The highest BCUT2D eigenvalue weighted by atomic mass is 32.2. The average Bonchev–Trinajstić information content (AvgIpc) is 2.81. The number of aromatic nitrogens is 1. The third kappa shape index (κ3) is 3.24. The molecular formula is C16H12N2O4S. The highest BCUT2D eigenvalue weighted by molar-refractivity contribution is 7.99. The number of hydroxylamine groups is 2. The predicted molar refractivity (Wildman–Crippen MR) is 83.4 cm³/mol. The molecule has 2 aromatic rings. The second kappa shape index (κ2) is 6.62. The molecule has 1 aliphatic rings. The van der Waals surface area contributed by atoms with E-state index in [1.54, 1.807) is 24.5 Å². The Hall–Kier alpha value is -2.67. The Morgan fingerprint density at radius 2 is 1.65 bits per heavy atom. The lowest BCUT2D eigenvalue weighted by molar-refractivity contribution is -0.165. The van der Waals surface area contributed by atoms with Crippen molar-refractivity contribution < 1.29 is 19.2 Å². The molecule has 0 spiro atoms. The molecule has 2 heterocycles. The number of carbonyl (C=O) groups excluding carboxylic acids is 3. The summed E-state index contributed by atoms with van der Waals surface area (Å²) in [4.78, 5) is 44.8. The van der Waals surface area contributed by atoms with Crippen molar-refractivity contribution in [1.29, 1.82) is 0 Å². The zero-order valence-corrected chi connectivity index (χ0v) is 12.8. The van der Waals surface area contributed by atoms with E-state index >= 15 is 0 Å². The van der Waals surface area contributed by atoms with Crippen LogP contribution in [0, 0.1) is 0 Å². The molecule has 0 N–H and O–H groups in total. The number of nitrogens with zero attached hydrogens (tertiary/aromatic N) is 2. The summed E-state index contributed by atoms with van der Waals surface area (Å²) in [5.74, 6) is -1.22. The number of benzene rings is 1. The molecule has 7 heteroatoms. The highest BCUT2D eigenvalue weighted by Gasteiger charge is 2.38. The molecular weight excluding hydrogens is 316 g/mol. The van der Waals surface area contributed by atoms with E-state index in [4.69, 9.17) is 4.84 Å². The van der Waals surface area contributed by atoms with Crippen LogP contribution in [0.3, 0.4) is 0 Å². The third-order valence-electron chi connectivity index (χ3n) is 3.19. The van der Waals surface area contributed by atoms with Crippen LogP contribution in [0.5, 0.6) is 0 Å². The Morgan fingerprint density at radius 3 is 2.26 bits per heavy atom. The fourth-order valence-corrected chi connectivity index (χ4v) is 2.86. The first kappa shape index (κ1) is 15.2. The van der Waals surface area contributed by atoms with Crippen LogP contribution in [-0.2, 0) is 15.4 Å². The van der Waals surface area contributed by atoms with Gasteiger partial charge < -0.3 is 4.84 Å². The smallest absolute Gasteiger partial charge is 0.329 e. The van der Waals surface area contributed by atoms with Crippen molar-refractivity contribution in [2.45, 2.75) is 5.75 Å². The van der Waals surface area contributed by atoms with Crippen molar-refractivity contribution in [2.24, 2.45) is 0 Å². The zero-order chi connectivity index (χ0) is 16.2. The molecule has 23 heavy (non-hydrogen) atoms. The second-order valence-corrected chi connectivity index (χ2v) is 5.75. The maximum absolute atomic E-state index is 12.1. The lowest BCUT2D eigenvalue weighted by Crippen LogP contribution is -2.33. The number of rotatable bonds is 5. The maximum atomic E-state index is 12.1. The van der Waals surface area contributed by atoms with Crippen LogP contribution in [0.1, 0.15) is 26.3 Å². The van der Waals surface area contributed by atoms with Gasteiger partial charge in [-0.25, -0.2) is 4.79 Å². The van der Waals surface area contributed by atoms with Crippen LogP contribution < -0.4 is 0 Å². The second-order valence-electron chi connectivity index (χ2n) is 4.76. The largest absolute Gasteiger partial charge is 0.343 e. The van der Waals surface area contributed by atoms with Gasteiger partial charge in [0.1, 0.15) is 0 Å². The molecule has 0 aliphatic carbocycles. The maximum Gasteiger partial charge on any atom is 0.343 e. The summed E-state index contributed by atoms with van der Waals surface area (Å²) in [5.41, 5.74) is 1.52. The van der Waals surface area contributed by atoms with Crippen molar-refractivity contribution in [1.82, 2.24) is 10.0 Å². The van der Waals surface area contributed by atoms with Crippen LogP contribution in [0.25, 0.3) is 0 Å². The van der Waals surface area contributed by atoms with Crippen molar-refractivity contribution in [2.75, 3.05) is 5.75 Å². The Balaban J connectivity index is 1.55. The van der Waals surface area contributed by atoms with E-state index in [-0.39, 0.29) is 16.9 Å². The topological polar surface area (TPSA) is 76.6 Å². The van der Waals surface area contributed by atoms with Gasteiger partial charge in [-0.2, -0.15) is 0 Å². The van der Waals surface area contributed by atoms with E-state index in [1.807, 2.05) is 12.1 Å². The minimum absolute atomic E-state index is 0.0374. The standard InChI is InChI=1S/C16H12N2O4S/c19-14(10-23-9-11-5-7-17-8-6-11)22-18-15(20)12-3-1-2-4-13(12)16(18)21/h1-8H,9-10H2. The highest BCUT2D eigenvalue weighted by Crippen LogP contribution is 2.23. The van der Waals surface area contributed by atoms with E-state index in [0.29, 0.717) is 10.8 Å².